The molecule has 0 saturated carbocycles. The second-order valence-electron chi connectivity index (χ2n) is 8.62. The van der Waals surface area contributed by atoms with E-state index < -0.39 is 0 Å². The molecule has 0 spiro atoms. The molecule has 3 aromatic carbocycles. The summed E-state index contributed by atoms with van der Waals surface area (Å²) in [5.74, 6) is 0.975. The van der Waals surface area contributed by atoms with Crippen LogP contribution in [0, 0.1) is 0 Å². The number of piperazine rings is 1. The van der Waals surface area contributed by atoms with Gasteiger partial charge in [0.25, 0.3) is 11.8 Å². The molecule has 4 rings (SSSR count). The molecule has 37 heavy (non-hydrogen) atoms. The van der Waals surface area contributed by atoms with E-state index in [1.54, 1.807) is 24.3 Å². The van der Waals surface area contributed by atoms with Crippen LogP contribution in [0.3, 0.4) is 0 Å². The molecule has 0 aliphatic carbocycles. The number of anilines is 2. The molecule has 1 heterocycles. The van der Waals surface area contributed by atoms with Crippen molar-refractivity contribution in [2.24, 2.45) is 0 Å². The highest BCUT2D eigenvalue weighted by molar-refractivity contribution is 6.34. The average Bonchev–Trinajstić information content (AvgIpc) is 2.92. The Morgan fingerprint density at radius 3 is 2.22 bits per heavy atom. The van der Waals surface area contributed by atoms with E-state index in [0.29, 0.717) is 65.4 Å². The van der Waals surface area contributed by atoms with Crippen molar-refractivity contribution in [1.82, 2.24) is 4.90 Å². The SMILES string of the molecule is CCCOc1ccc(C(=O)N2CCN(c3ccc(NC(=O)c4ccc(OC)c(Cl)c4)cc3Cl)CC2)cc1. The summed E-state index contributed by atoms with van der Waals surface area (Å²) in [6.07, 6.45) is 0.936. The van der Waals surface area contributed by atoms with Gasteiger partial charge in [0, 0.05) is 43.0 Å². The predicted octanol–water partition coefficient (Wildman–Crippen LogP) is 6.01. The van der Waals surface area contributed by atoms with Crippen LogP contribution in [0.15, 0.2) is 60.7 Å². The third-order valence-corrected chi connectivity index (χ3v) is 6.70. The number of methoxy groups -OCH3 is 1. The van der Waals surface area contributed by atoms with Crippen LogP contribution in [0.2, 0.25) is 10.0 Å². The van der Waals surface area contributed by atoms with Gasteiger partial charge in [0.2, 0.25) is 0 Å². The number of amides is 2. The molecular weight excluding hydrogens is 513 g/mol. The van der Waals surface area contributed by atoms with E-state index in [2.05, 4.69) is 17.1 Å². The lowest BCUT2D eigenvalue weighted by molar-refractivity contribution is 0.0746. The Balaban J connectivity index is 1.34. The lowest BCUT2D eigenvalue weighted by atomic mass is 10.1. The molecule has 1 saturated heterocycles. The monoisotopic (exact) mass is 541 g/mol. The van der Waals surface area contributed by atoms with Gasteiger partial charge < -0.3 is 24.6 Å². The van der Waals surface area contributed by atoms with Gasteiger partial charge in [0.1, 0.15) is 11.5 Å². The van der Waals surface area contributed by atoms with Crippen molar-refractivity contribution in [2.45, 2.75) is 13.3 Å². The first kappa shape index (κ1) is 26.6. The number of nitrogens with zero attached hydrogens (tertiary/aromatic N) is 2. The van der Waals surface area contributed by atoms with Gasteiger partial charge in [-0.05, 0) is 67.1 Å². The zero-order chi connectivity index (χ0) is 26.4. The zero-order valence-corrected chi connectivity index (χ0v) is 22.3. The maximum absolute atomic E-state index is 12.9. The first-order chi connectivity index (χ1) is 17.9. The Labute approximate surface area is 226 Å². The number of rotatable bonds is 8. The van der Waals surface area contributed by atoms with E-state index >= 15 is 0 Å². The van der Waals surface area contributed by atoms with Crippen molar-refractivity contribution in [3.63, 3.8) is 0 Å². The molecule has 0 bridgehead atoms. The molecule has 0 atom stereocenters. The molecule has 7 nitrogen and oxygen atoms in total. The molecule has 0 aromatic heterocycles. The van der Waals surface area contributed by atoms with Crippen LogP contribution in [0.5, 0.6) is 11.5 Å². The normalized spacial score (nSPS) is 13.3. The summed E-state index contributed by atoms with van der Waals surface area (Å²) in [6.45, 7) is 5.18. The number of carbonyl (C=O) groups excluding carboxylic acids is 2. The fourth-order valence-electron chi connectivity index (χ4n) is 4.10. The summed E-state index contributed by atoms with van der Waals surface area (Å²) in [6, 6.07) is 17.5. The second-order valence-corrected chi connectivity index (χ2v) is 9.44. The molecule has 194 valence electrons. The summed E-state index contributed by atoms with van der Waals surface area (Å²) < 4.78 is 10.7. The average molecular weight is 542 g/mol. The summed E-state index contributed by atoms with van der Waals surface area (Å²) in [5.41, 5.74) is 2.49. The topological polar surface area (TPSA) is 71.1 Å². The molecule has 1 N–H and O–H groups in total. The maximum Gasteiger partial charge on any atom is 0.255 e. The number of benzene rings is 3. The van der Waals surface area contributed by atoms with Gasteiger partial charge in [-0.25, -0.2) is 0 Å². The number of carbonyl (C=O) groups is 2. The minimum atomic E-state index is -0.301. The smallest absolute Gasteiger partial charge is 0.255 e. The molecular formula is C28H29Cl2N3O4. The minimum absolute atomic E-state index is 0.00415. The molecule has 2 amide bonds. The predicted molar refractivity (Wildman–Crippen MR) is 148 cm³/mol. The van der Waals surface area contributed by atoms with Crippen molar-refractivity contribution in [3.8, 4) is 11.5 Å². The Kier molecular flexibility index (Phi) is 8.79. The largest absolute Gasteiger partial charge is 0.495 e. The number of hydrogen-bond donors (Lipinski definition) is 1. The fourth-order valence-corrected chi connectivity index (χ4v) is 4.66. The zero-order valence-electron chi connectivity index (χ0n) is 20.8. The highest BCUT2D eigenvalue weighted by Gasteiger charge is 2.23. The van der Waals surface area contributed by atoms with Gasteiger partial charge in [-0.3, -0.25) is 9.59 Å². The van der Waals surface area contributed by atoms with Gasteiger partial charge in [0.15, 0.2) is 0 Å². The molecule has 1 fully saturated rings. The van der Waals surface area contributed by atoms with Gasteiger partial charge in [0.05, 0.1) is 29.4 Å². The van der Waals surface area contributed by atoms with Crippen LogP contribution in [0.4, 0.5) is 11.4 Å². The Bertz CT molecular complexity index is 1260. The highest BCUT2D eigenvalue weighted by atomic mass is 35.5. The van der Waals surface area contributed by atoms with E-state index in [1.807, 2.05) is 41.3 Å². The van der Waals surface area contributed by atoms with Crippen LogP contribution in [-0.2, 0) is 0 Å². The molecule has 0 radical (unpaired) electrons. The quantitative estimate of drug-likeness (QED) is 0.378. The van der Waals surface area contributed by atoms with Crippen molar-refractivity contribution in [1.29, 1.82) is 0 Å². The number of halogens is 2. The van der Waals surface area contributed by atoms with E-state index in [0.717, 1.165) is 17.9 Å². The molecule has 9 heteroatoms. The van der Waals surface area contributed by atoms with Crippen molar-refractivity contribution in [3.05, 3.63) is 81.8 Å². The highest BCUT2D eigenvalue weighted by Crippen LogP contribution is 2.31. The van der Waals surface area contributed by atoms with Crippen LogP contribution in [0.25, 0.3) is 0 Å². The first-order valence-corrected chi connectivity index (χ1v) is 12.9. The standard InChI is InChI=1S/C28H29Cl2N3O4/c1-3-16-37-22-8-4-19(5-9-22)28(35)33-14-12-32(13-15-33)25-10-7-21(18-23(25)29)31-27(34)20-6-11-26(36-2)24(30)17-20/h4-11,17-18H,3,12-16H2,1-2H3,(H,31,34). The molecule has 0 unspecified atom stereocenters. The number of hydrogen-bond acceptors (Lipinski definition) is 5. The Hall–Kier alpha value is -3.42. The fraction of sp³-hybridized carbons (Fsp3) is 0.286. The summed E-state index contributed by atoms with van der Waals surface area (Å²) in [7, 11) is 1.52. The van der Waals surface area contributed by atoms with Crippen LogP contribution in [-0.4, -0.2) is 56.6 Å². The van der Waals surface area contributed by atoms with Gasteiger partial charge >= 0.3 is 0 Å². The van der Waals surface area contributed by atoms with Crippen molar-refractivity contribution in [2.75, 3.05) is 50.1 Å². The summed E-state index contributed by atoms with van der Waals surface area (Å²) >= 11 is 12.7. The lowest BCUT2D eigenvalue weighted by Crippen LogP contribution is -2.48. The molecule has 3 aromatic rings. The van der Waals surface area contributed by atoms with Crippen LogP contribution >= 0.6 is 23.2 Å². The van der Waals surface area contributed by atoms with E-state index in [9.17, 15) is 9.59 Å². The summed E-state index contributed by atoms with van der Waals surface area (Å²) in [5, 5.41) is 3.73. The Morgan fingerprint density at radius 1 is 0.892 bits per heavy atom. The first-order valence-electron chi connectivity index (χ1n) is 12.1. The van der Waals surface area contributed by atoms with Crippen molar-refractivity contribution >= 4 is 46.4 Å². The van der Waals surface area contributed by atoms with Crippen LogP contribution in [0.1, 0.15) is 34.1 Å². The maximum atomic E-state index is 12.9. The number of nitrogens with one attached hydrogen (secondary N) is 1. The second kappa shape index (κ2) is 12.2. The lowest BCUT2D eigenvalue weighted by Gasteiger charge is -2.36. The van der Waals surface area contributed by atoms with Gasteiger partial charge in [-0.15, -0.1) is 0 Å². The van der Waals surface area contributed by atoms with Crippen LogP contribution < -0.4 is 19.7 Å². The third-order valence-electron chi connectivity index (χ3n) is 6.10. The Morgan fingerprint density at radius 2 is 1.59 bits per heavy atom. The van der Waals surface area contributed by atoms with E-state index in [4.69, 9.17) is 32.7 Å². The van der Waals surface area contributed by atoms with Crippen molar-refractivity contribution < 1.29 is 19.1 Å². The van der Waals surface area contributed by atoms with E-state index in [1.165, 1.54) is 7.11 Å². The third kappa shape index (κ3) is 6.48. The molecule has 1 aliphatic rings. The minimum Gasteiger partial charge on any atom is -0.495 e. The molecule has 1 aliphatic heterocycles. The van der Waals surface area contributed by atoms with Gasteiger partial charge in [-0.2, -0.15) is 0 Å². The summed E-state index contributed by atoms with van der Waals surface area (Å²) in [4.78, 5) is 29.6. The number of ether oxygens (including phenoxy) is 2. The van der Waals surface area contributed by atoms with E-state index in [-0.39, 0.29) is 11.8 Å². The van der Waals surface area contributed by atoms with Gasteiger partial charge in [-0.1, -0.05) is 30.1 Å².